The van der Waals surface area contributed by atoms with Crippen LogP contribution in [0.15, 0.2) is 6.20 Å². The van der Waals surface area contributed by atoms with Gasteiger partial charge >= 0.3 is 0 Å². The second-order valence-electron chi connectivity index (χ2n) is 5.22. The van der Waals surface area contributed by atoms with E-state index in [-0.39, 0.29) is 0 Å². The van der Waals surface area contributed by atoms with Crippen LogP contribution in [0.2, 0.25) is 0 Å². The topological polar surface area (TPSA) is 61.7 Å². The zero-order valence-electron chi connectivity index (χ0n) is 11.7. The van der Waals surface area contributed by atoms with Crippen molar-refractivity contribution in [1.29, 1.82) is 0 Å². The highest BCUT2D eigenvalue weighted by atomic mass is 15.3. The lowest BCUT2D eigenvalue weighted by Gasteiger charge is -2.03. The highest BCUT2D eigenvalue weighted by Gasteiger charge is 2.17. The predicted octanol–water partition coefficient (Wildman–Crippen LogP) is 2.14. The Morgan fingerprint density at radius 2 is 1.94 bits per heavy atom. The largest absolute Gasteiger partial charge is 0.396 e. The molecule has 0 aliphatic heterocycles. The Morgan fingerprint density at radius 1 is 1.28 bits per heavy atom. The molecule has 5 nitrogen and oxygen atoms in total. The molecule has 0 aromatic carbocycles. The molecule has 0 unspecified atom stereocenters. The van der Waals surface area contributed by atoms with Gasteiger partial charge in [-0.05, 0) is 19.8 Å². The van der Waals surface area contributed by atoms with Crippen molar-refractivity contribution >= 4 is 5.69 Å². The number of anilines is 1. The van der Waals surface area contributed by atoms with Gasteiger partial charge in [0, 0.05) is 31.0 Å². The van der Waals surface area contributed by atoms with Crippen molar-refractivity contribution in [2.24, 2.45) is 13.0 Å². The number of nitrogens with zero attached hydrogens (tertiary/aromatic N) is 4. The third-order valence-electron chi connectivity index (χ3n) is 3.09. The highest BCUT2D eigenvalue weighted by molar-refractivity contribution is 5.75. The monoisotopic (exact) mass is 247 g/mol. The second-order valence-corrected chi connectivity index (χ2v) is 5.22. The summed E-state index contributed by atoms with van der Waals surface area (Å²) in [6.45, 7) is 9.23. The van der Waals surface area contributed by atoms with Crippen LogP contribution in [0.3, 0.4) is 0 Å². The number of nitrogen functional groups attached to an aromatic ring is 1. The quantitative estimate of drug-likeness (QED) is 0.904. The van der Waals surface area contributed by atoms with Gasteiger partial charge in [-0.2, -0.15) is 10.2 Å². The van der Waals surface area contributed by atoms with E-state index in [1.54, 1.807) is 0 Å². The van der Waals surface area contributed by atoms with Crippen molar-refractivity contribution in [3.8, 4) is 11.3 Å². The molecule has 0 bridgehead atoms. The normalized spacial score (nSPS) is 11.4. The predicted molar refractivity (Wildman–Crippen MR) is 73.2 cm³/mol. The van der Waals surface area contributed by atoms with Crippen LogP contribution in [0.4, 0.5) is 5.69 Å². The summed E-state index contributed by atoms with van der Waals surface area (Å²) in [6.07, 6.45) is 1.90. The molecule has 0 saturated heterocycles. The van der Waals surface area contributed by atoms with Gasteiger partial charge in [0.1, 0.15) is 5.69 Å². The summed E-state index contributed by atoms with van der Waals surface area (Å²) in [7, 11) is 1.94. The molecule has 0 aliphatic rings. The van der Waals surface area contributed by atoms with Crippen LogP contribution in [0.1, 0.15) is 25.2 Å². The fraction of sp³-hybridized carbons (Fsp3) is 0.538. The number of aryl methyl sites for hydroxylation is 2. The lowest BCUT2D eigenvalue weighted by molar-refractivity contribution is 0.484. The van der Waals surface area contributed by atoms with Gasteiger partial charge in [-0.1, -0.05) is 13.8 Å². The van der Waals surface area contributed by atoms with Crippen molar-refractivity contribution in [1.82, 2.24) is 19.6 Å². The third kappa shape index (κ3) is 2.12. The Hall–Kier alpha value is -1.78. The molecule has 5 heteroatoms. The van der Waals surface area contributed by atoms with Crippen molar-refractivity contribution < 1.29 is 0 Å². The first-order valence-electron chi connectivity index (χ1n) is 6.23. The summed E-state index contributed by atoms with van der Waals surface area (Å²) in [5, 5.41) is 9.00. The second kappa shape index (κ2) is 4.48. The molecule has 2 N–H and O–H groups in total. The molecule has 2 heterocycles. The maximum absolute atomic E-state index is 6.08. The molecular weight excluding hydrogens is 226 g/mol. The van der Waals surface area contributed by atoms with Gasteiger partial charge in [0.2, 0.25) is 0 Å². The zero-order chi connectivity index (χ0) is 13.4. The van der Waals surface area contributed by atoms with E-state index in [1.807, 2.05) is 36.5 Å². The molecule has 0 spiro atoms. The third-order valence-corrected chi connectivity index (χ3v) is 3.09. The van der Waals surface area contributed by atoms with Crippen LogP contribution >= 0.6 is 0 Å². The fourth-order valence-corrected chi connectivity index (χ4v) is 2.22. The number of rotatable bonds is 3. The Morgan fingerprint density at radius 3 is 2.44 bits per heavy atom. The Labute approximate surface area is 108 Å². The lowest BCUT2D eigenvalue weighted by Crippen LogP contribution is -2.04. The van der Waals surface area contributed by atoms with Gasteiger partial charge in [0.15, 0.2) is 0 Å². The summed E-state index contributed by atoms with van der Waals surface area (Å²) in [5.74, 6) is 0.549. The first-order chi connectivity index (χ1) is 8.40. The van der Waals surface area contributed by atoms with E-state index in [9.17, 15) is 0 Å². The molecule has 0 radical (unpaired) electrons. The number of nitrogens with two attached hydrogens (primary N) is 1. The maximum Gasteiger partial charge on any atom is 0.119 e. The van der Waals surface area contributed by atoms with Gasteiger partial charge in [-0.25, -0.2) is 0 Å². The number of hydrogen-bond donors (Lipinski definition) is 1. The van der Waals surface area contributed by atoms with Crippen molar-refractivity contribution in [3.05, 3.63) is 17.6 Å². The Bertz CT molecular complexity index is 562. The summed E-state index contributed by atoms with van der Waals surface area (Å²) in [6, 6.07) is 0. The average molecular weight is 247 g/mol. The minimum Gasteiger partial charge on any atom is -0.396 e. The standard InChI is InChI=1S/C13H21N5/c1-8(2)6-18-7-11(14)13(16-18)12-9(3)15-17(5)10(12)4/h7-8H,6,14H2,1-5H3. The van der Waals surface area contributed by atoms with Crippen molar-refractivity contribution in [3.63, 3.8) is 0 Å². The summed E-state index contributed by atoms with van der Waals surface area (Å²) < 4.78 is 3.78. The van der Waals surface area contributed by atoms with Crippen LogP contribution in [-0.4, -0.2) is 19.6 Å². The summed E-state index contributed by atoms with van der Waals surface area (Å²) in [4.78, 5) is 0. The summed E-state index contributed by atoms with van der Waals surface area (Å²) in [5.41, 5.74) is 10.8. The molecule has 2 aromatic heterocycles. The molecule has 2 rings (SSSR count). The Kier molecular flexibility index (Phi) is 3.15. The van der Waals surface area contributed by atoms with Gasteiger partial charge < -0.3 is 5.73 Å². The molecule has 18 heavy (non-hydrogen) atoms. The van der Waals surface area contributed by atoms with E-state index in [0.717, 1.165) is 34.9 Å². The van der Waals surface area contributed by atoms with E-state index in [1.165, 1.54) is 0 Å². The van der Waals surface area contributed by atoms with Gasteiger partial charge in [-0.3, -0.25) is 9.36 Å². The minimum absolute atomic E-state index is 0.549. The average Bonchev–Trinajstić information content (AvgIpc) is 2.69. The van der Waals surface area contributed by atoms with Gasteiger partial charge in [0.05, 0.1) is 11.4 Å². The van der Waals surface area contributed by atoms with Crippen LogP contribution in [0, 0.1) is 19.8 Å². The molecule has 0 saturated carbocycles. The number of aromatic nitrogens is 4. The van der Waals surface area contributed by atoms with E-state index in [4.69, 9.17) is 5.73 Å². The van der Waals surface area contributed by atoms with Gasteiger partial charge in [0.25, 0.3) is 0 Å². The van der Waals surface area contributed by atoms with Crippen molar-refractivity contribution in [2.45, 2.75) is 34.2 Å². The fourth-order valence-electron chi connectivity index (χ4n) is 2.22. The van der Waals surface area contributed by atoms with Crippen LogP contribution < -0.4 is 5.73 Å². The molecule has 0 fully saturated rings. The van der Waals surface area contributed by atoms with Crippen molar-refractivity contribution in [2.75, 3.05) is 5.73 Å². The minimum atomic E-state index is 0.549. The molecule has 0 atom stereocenters. The van der Waals surface area contributed by atoms with Crippen LogP contribution in [0.25, 0.3) is 11.3 Å². The van der Waals surface area contributed by atoms with Crippen LogP contribution in [0.5, 0.6) is 0 Å². The molecule has 0 aliphatic carbocycles. The zero-order valence-corrected chi connectivity index (χ0v) is 11.7. The highest BCUT2D eigenvalue weighted by Crippen LogP contribution is 2.29. The molecular formula is C13H21N5. The maximum atomic E-state index is 6.08. The molecule has 98 valence electrons. The van der Waals surface area contributed by atoms with Gasteiger partial charge in [-0.15, -0.1) is 0 Å². The van der Waals surface area contributed by atoms with E-state index < -0.39 is 0 Å². The van der Waals surface area contributed by atoms with E-state index in [0.29, 0.717) is 5.92 Å². The smallest absolute Gasteiger partial charge is 0.119 e. The molecule has 0 amide bonds. The Balaban J connectivity index is 2.47. The SMILES string of the molecule is Cc1nn(C)c(C)c1-c1nn(CC(C)C)cc1N. The van der Waals surface area contributed by atoms with E-state index in [2.05, 4.69) is 24.0 Å². The molecule has 2 aromatic rings. The summed E-state index contributed by atoms with van der Waals surface area (Å²) >= 11 is 0. The van der Waals surface area contributed by atoms with E-state index >= 15 is 0 Å². The first-order valence-corrected chi connectivity index (χ1v) is 6.23. The van der Waals surface area contributed by atoms with Crippen LogP contribution in [-0.2, 0) is 13.6 Å². The lowest BCUT2D eigenvalue weighted by atomic mass is 10.1. The first kappa shape index (κ1) is 12.7. The number of hydrogen-bond acceptors (Lipinski definition) is 3.